The maximum atomic E-state index is 12.2. The van der Waals surface area contributed by atoms with Gasteiger partial charge >= 0.3 is 6.09 Å². The van der Waals surface area contributed by atoms with Crippen molar-refractivity contribution in [1.82, 2.24) is 4.90 Å². The minimum absolute atomic E-state index is 0.193. The number of hydrogen-bond acceptors (Lipinski definition) is 4. The number of ether oxygens (including phenoxy) is 3. The third kappa shape index (κ3) is 6.96. The minimum atomic E-state index is -0.432. The SMILES string of the molecule is COCOCCCc1ccc(C2CCN(C(=O)OC(C)(C)C)CC2)cc1. The molecule has 0 atom stereocenters. The normalized spacial score (nSPS) is 15.9. The van der Waals surface area contributed by atoms with Crippen molar-refractivity contribution in [2.75, 3.05) is 33.6 Å². The van der Waals surface area contributed by atoms with Crippen molar-refractivity contribution in [3.8, 4) is 0 Å². The first-order valence-corrected chi connectivity index (χ1v) is 9.52. The molecular formula is C21H33NO4. The van der Waals surface area contributed by atoms with Crippen LogP contribution in [-0.2, 0) is 20.6 Å². The van der Waals surface area contributed by atoms with E-state index >= 15 is 0 Å². The Kier molecular flexibility index (Phi) is 7.91. The van der Waals surface area contributed by atoms with E-state index in [1.807, 2.05) is 25.7 Å². The molecule has 146 valence electrons. The number of amides is 1. The largest absolute Gasteiger partial charge is 0.444 e. The van der Waals surface area contributed by atoms with E-state index in [-0.39, 0.29) is 6.09 Å². The van der Waals surface area contributed by atoms with Crippen molar-refractivity contribution < 1.29 is 19.0 Å². The molecule has 0 radical (unpaired) electrons. The number of nitrogens with zero attached hydrogens (tertiary/aromatic N) is 1. The number of aryl methyl sites for hydroxylation is 1. The molecule has 26 heavy (non-hydrogen) atoms. The Labute approximate surface area is 157 Å². The van der Waals surface area contributed by atoms with Gasteiger partial charge in [-0.1, -0.05) is 24.3 Å². The molecule has 1 aliphatic rings. The summed E-state index contributed by atoms with van der Waals surface area (Å²) in [4.78, 5) is 14.0. The van der Waals surface area contributed by atoms with E-state index in [1.165, 1.54) is 11.1 Å². The van der Waals surface area contributed by atoms with Gasteiger partial charge in [-0.2, -0.15) is 0 Å². The lowest BCUT2D eigenvalue weighted by atomic mass is 9.89. The number of methoxy groups -OCH3 is 1. The lowest BCUT2D eigenvalue weighted by Gasteiger charge is -2.33. The van der Waals surface area contributed by atoms with Gasteiger partial charge in [0.25, 0.3) is 0 Å². The number of carbonyl (C=O) groups excluding carboxylic acids is 1. The average molecular weight is 363 g/mol. The topological polar surface area (TPSA) is 48.0 Å². The van der Waals surface area contributed by atoms with Crippen molar-refractivity contribution >= 4 is 6.09 Å². The van der Waals surface area contributed by atoms with Crippen LogP contribution in [0, 0.1) is 0 Å². The Hall–Kier alpha value is -1.59. The summed E-state index contributed by atoms with van der Waals surface area (Å²) in [7, 11) is 1.64. The van der Waals surface area contributed by atoms with Crippen molar-refractivity contribution in [3.05, 3.63) is 35.4 Å². The molecule has 0 bridgehead atoms. The number of rotatable bonds is 7. The quantitative estimate of drug-likeness (QED) is 0.534. The fourth-order valence-corrected chi connectivity index (χ4v) is 3.20. The number of carbonyl (C=O) groups is 1. The van der Waals surface area contributed by atoms with Gasteiger partial charge in [-0.05, 0) is 63.5 Å². The zero-order valence-corrected chi connectivity index (χ0v) is 16.6. The molecule has 0 aliphatic carbocycles. The Balaban J connectivity index is 1.76. The molecule has 1 saturated heterocycles. The fraction of sp³-hybridized carbons (Fsp3) is 0.667. The van der Waals surface area contributed by atoms with Crippen molar-refractivity contribution in [2.45, 2.75) is 58.0 Å². The van der Waals surface area contributed by atoms with Gasteiger partial charge in [0.2, 0.25) is 0 Å². The monoisotopic (exact) mass is 363 g/mol. The molecule has 1 heterocycles. The molecule has 1 aliphatic heterocycles. The first-order chi connectivity index (χ1) is 12.4. The summed E-state index contributed by atoms with van der Waals surface area (Å²) >= 11 is 0. The molecule has 1 amide bonds. The predicted molar refractivity (Wildman–Crippen MR) is 102 cm³/mol. The second-order valence-electron chi connectivity index (χ2n) is 7.90. The highest BCUT2D eigenvalue weighted by Gasteiger charge is 2.27. The predicted octanol–water partition coefficient (Wildman–Crippen LogP) is 4.35. The molecule has 5 heteroatoms. The van der Waals surface area contributed by atoms with Crippen LogP contribution in [0.1, 0.15) is 57.1 Å². The van der Waals surface area contributed by atoms with Crippen LogP contribution in [0.2, 0.25) is 0 Å². The zero-order valence-electron chi connectivity index (χ0n) is 16.6. The van der Waals surface area contributed by atoms with Gasteiger partial charge in [0, 0.05) is 26.8 Å². The molecule has 1 aromatic rings. The zero-order chi connectivity index (χ0) is 19.0. The first kappa shape index (κ1) is 20.7. The lowest BCUT2D eigenvalue weighted by Crippen LogP contribution is -2.41. The van der Waals surface area contributed by atoms with E-state index in [4.69, 9.17) is 14.2 Å². The molecule has 0 unspecified atom stereocenters. The van der Waals surface area contributed by atoms with Crippen molar-refractivity contribution in [2.24, 2.45) is 0 Å². The Morgan fingerprint density at radius 2 is 1.81 bits per heavy atom. The standard InChI is InChI=1S/C21H33NO4/c1-21(2,3)26-20(23)22-13-11-19(12-14-22)18-9-7-17(8-10-18)6-5-15-25-16-24-4/h7-10,19H,5-6,11-16H2,1-4H3. The van der Waals surface area contributed by atoms with E-state index in [0.29, 0.717) is 12.7 Å². The van der Waals surface area contributed by atoms with Gasteiger partial charge in [-0.15, -0.1) is 0 Å². The smallest absolute Gasteiger partial charge is 0.410 e. The number of hydrogen-bond donors (Lipinski definition) is 0. The second kappa shape index (κ2) is 9.93. The highest BCUT2D eigenvalue weighted by molar-refractivity contribution is 5.68. The van der Waals surface area contributed by atoms with Gasteiger partial charge in [0.15, 0.2) is 0 Å². The highest BCUT2D eigenvalue weighted by Crippen LogP contribution is 2.29. The summed E-state index contributed by atoms with van der Waals surface area (Å²) in [6, 6.07) is 8.90. The second-order valence-corrected chi connectivity index (χ2v) is 7.90. The van der Waals surface area contributed by atoms with E-state index < -0.39 is 5.60 Å². The van der Waals surface area contributed by atoms with Gasteiger partial charge in [-0.25, -0.2) is 4.79 Å². The molecule has 1 aromatic carbocycles. The highest BCUT2D eigenvalue weighted by atomic mass is 16.7. The summed E-state index contributed by atoms with van der Waals surface area (Å²) in [5.74, 6) is 0.521. The van der Waals surface area contributed by atoms with Gasteiger partial charge in [-0.3, -0.25) is 0 Å². The van der Waals surface area contributed by atoms with Crippen LogP contribution in [0.4, 0.5) is 4.79 Å². The first-order valence-electron chi connectivity index (χ1n) is 9.52. The van der Waals surface area contributed by atoms with E-state index in [1.54, 1.807) is 7.11 Å². The van der Waals surface area contributed by atoms with E-state index in [2.05, 4.69) is 24.3 Å². The summed E-state index contributed by atoms with van der Waals surface area (Å²) in [6.45, 7) is 8.32. The van der Waals surface area contributed by atoms with Gasteiger partial charge < -0.3 is 19.1 Å². The molecular weight excluding hydrogens is 330 g/mol. The van der Waals surface area contributed by atoms with Crippen LogP contribution < -0.4 is 0 Å². The fourth-order valence-electron chi connectivity index (χ4n) is 3.20. The number of likely N-dealkylation sites (tertiary alicyclic amines) is 1. The van der Waals surface area contributed by atoms with Crippen LogP contribution in [-0.4, -0.2) is 50.2 Å². The third-order valence-corrected chi connectivity index (χ3v) is 4.55. The lowest BCUT2D eigenvalue weighted by molar-refractivity contribution is -0.0310. The Morgan fingerprint density at radius 1 is 1.15 bits per heavy atom. The van der Waals surface area contributed by atoms with Crippen molar-refractivity contribution in [3.63, 3.8) is 0 Å². The molecule has 0 N–H and O–H groups in total. The van der Waals surface area contributed by atoms with E-state index in [0.717, 1.165) is 45.4 Å². The summed E-state index contributed by atoms with van der Waals surface area (Å²) < 4.78 is 15.7. The minimum Gasteiger partial charge on any atom is -0.444 e. The molecule has 1 fully saturated rings. The molecule has 0 aromatic heterocycles. The average Bonchev–Trinajstić information content (AvgIpc) is 2.61. The third-order valence-electron chi connectivity index (χ3n) is 4.55. The van der Waals surface area contributed by atoms with Gasteiger partial charge in [0.1, 0.15) is 12.4 Å². The maximum absolute atomic E-state index is 12.2. The molecule has 0 spiro atoms. The van der Waals surface area contributed by atoms with Crippen LogP contribution in [0.25, 0.3) is 0 Å². The van der Waals surface area contributed by atoms with Crippen LogP contribution >= 0.6 is 0 Å². The summed E-state index contributed by atoms with van der Waals surface area (Å²) in [5, 5.41) is 0. The van der Waals surface area contributed by atoms with Crippen LogP contribution in [0.15, 0.2) is 24.3 Å². The van der Waals surface area contributed by atoms with E-state index in [9.17, 15) is 4.79 Å². The van der Waals surface area contributed by atoms with Gasteiger partial charge in [0.05, 0.1) is 0 Å². The van der Waals surface area contributed by atoms with Crippen LogP contribution in [0.5, 0.6) is 0 Å². The maximum Gasteiger partial charge on any atom is 0.410 e. The molecule has 5 nitrogen and oxygen atoms in total. The number of benzene rings is 1. The van der Waals surface area contributed by atoms with Crippen molar-refractivity contribution in [1.29, 1.82) is 0 Å². The van der Waals surface area contributed by atoms with Crippen LogP contribution in [0.3, 0.4) is 0 Å². The number of piperidine rings is 1. The summed E-state index contributed by atoms with van der Waals surface area (Å²) in [6.07, 6.45) is 3.80. The molecule has 0 saturated carbocycles. The Bertz CT molecular complexity index is 542. The Morgan fingerprint density at radius 3 is 2.38 bits per heavy atom. The summed E-state index contributed by atoms with van der Waals surface area (Å²) in [5.41, 5.74) is 2.27. The molecule has 2 rings (SSSR count).